The second kappa shape index (κ2) is 5.93. The van der Waals surface area contributed by atoms with Crippen LogP contribution in [0.2, 0.25) is 0 Å². The van der Waals surface area contributed by atoms with Gasteiger partial charge in [-0.2, -0.15) is 0 Å². The first-order valence-corrected chi connectivity index (χ1v) is 10.4. The molecule has 1 aliphatic carbocycles. The highest BCUT2D eigenvalue weighted by Gasteiger charge is 2.34. The summed E-state index contributed by atoms with van der Waals surface area (Å²) in [6, 6.07) is 28.0. The molecule has 4 aromatic carbocycles. The quantitative estimate of drug-likeness (QED) is 0.317. The lowest BCUT2D eigenvalue weighted by molar-refractivity contribution is 0.645. The van der Waals surface area contributed by atoms with Crippen LogP contribution in [0.25, 0.3) is 43.9 Å². The van der Waals surface area contributed by atoms with E-state index in [0.29, 0.717) is 0 Å². The molecular weight excluding hydrogens is 364 g/mol. The van der Waals surface area contributed by atoms with E-state index in [1.807, 2.05) is 12.3 Å². The zero-order valence-electron chi connectivity index (χ0n) is 17.1. The SMILES string of the molecule is CC1(C)c2cc(N)ccc2-c2ccc(-c3nccc4ccccc34)c3cccc1c23. The van der Waals surface area contributed by atoms with Crippen molar-refractivity contribution in [2.75, 3.05) is 5.73 Å². The Morgan fingerprint density at radius 1 is 0.700 bits per heavy atom. The van der Waals surface area contributed by atoms with Crippen LogP contribution in [-0.4, -0.2) is 4.98 Å². The number of nitrogens with zero attached hydrogens (tertiary/aromatic N) is 1. The van der Waals surface area contributed by atoms with Gasteiger partial charge in [0.2, 0.25) is 0 Å². The van der Waals surface area contributed by atoms with Crippen LogP contribution >= 0.6 is 0 Å². The van der Waals surface area contributed by atoms with Gasteiger partial charge in [0.1, 0.15) is 0 Å². The fourth-order valence-corrected chi connectivity index (χ4v) is 5.15. The van der Waals surface area contributed by atoms with Crippen molar-refractivity contribution in [2.45, 2.75) is 19.3 Å². The van der Waals surface area contributed by atoms with Gasteiger partial charge in [-0.3, -0.25) is 4.98 Å². The average molecular weight is 386 g/mol. The third-order valence-electron chi connectivity index (χ3n) is 6.65. The van der Waals surface area contributed by atoms with Crippen molar-refractivity contribution < 1.29 is 0 Å². The van der Waals surface area contributed by atoms with Crippen molar-refractivity contribution in [1.29, 1.82) is 0 Å². The molecule has 0 bridgehead atoms. The molecule has 5 aromatic rings. The second-order valence-electron chi connectivity index (χ2n) is 8.70. The maximum absolute atomic E-state index is 6.16. The van der Waals surface area contributed by atoms with Crippen molar-refractivity contribution in [3.63, 3.8) is 0 Å². The van der Waals surface area contributed by atoms with Gasteiger partial charge in [0.05, 0.1) is 5.69 Å². The minimum absolute atomic E-state index is 0.123. The Labute approximate surface area is 176 Å². The summed E-state index contributed by atoms with van der Waals surface area (Å²) in [5.74, 6) is 0. The Kier molecular flexibility index (Phi) is 3.41. The number of anilines is 1. The first kappa shape index (κ1) is 17.2. The lowest BCUT2D eigenvalue weighted by atomic mass is 9.68. The first-order chi connectivity index (χ1) is 14.6. The molecule has 2 heteroatoms. The van der Waals surface area contributed by atoms with Crippen LogP contribution in [0.1, 0.15) is 25.0 Å². The molecule has 30 heavy (non-hydrogen) atoms. The number of nitrogen functional groups attached to an aromatic ring is 1. The van der Waals surface area contributed by atoms with Crippen LogP contribution in [-0.2, 0) is 5.41 Å². The molecule has 0 amide bonds. The van der Waals surface area contributed by atoms with Gasteiger partial charge in [-0.1, -0.05) is 74.5 Å². The Morgan fingerprint density at radius 3 is 2.37 bits per heavy atom. The average Bonchev–Trinajstić information content (AvgIpc) is 2.77. The van der Waals surface area contributed by atoms with Gasteiger partial charge < -0.3 is 5.73 Å². The van der Waals surface area contributed by atoms with E-state index in [2.05, 4.69) is 86.6 Å². The van der Waals surface area contributed by atoms with Crippen LogP contribution < -0.4 is 5.73 Å². The molecule has 144 valence electrons. The second-order valence-corrected chi connectivity index (χ2v) is 8.70. The van der Waals surface area contributed by atoms with Gasteiger partial charge in [0, 0.05) is 28.2 Å². The summed E-state index contributed by atoms with van der Waals surface area (Å²) >= 11 is 0. The lowest BCUT2D eigenvalue weighted by Gasteiger charge is -2.35. The third kappa shape index (κ3) is 2.22. The van der Waals surface area contributed by atoms with Crippen LogP contribution in [0.15, 0.2) is 85.1 Å². The normalized spacial score (nSPS) is 14.1. The van der Waals surface area contributed by atoms with E-state index >= 15 is 0 Å². The first-order valence-electron chi connectivity index (χ1n) is 10.4. The zero-order valence-corrected chi connectivity index (χ0v) is 17.1. The van der Waals surface area contributed by atoms with Crippen molar-refractivity contribution >= 4 is 27.2 Å². The third-order valence-corrected chi connectivity index (χ3v) is 6.65. The summed E-state index contributed by atoms with van der Waals surface area (Å²) in [6.07, 6.45) is 1.91. The van der Waals surface area contributed by atoms with Crippen LogP contribution in [0.5, 0.6) is 0 Å². The van der Waals surface area contributed by atoms with E-state index < -0.39 is 0 Å². The molecule has 0 spiro atoms. The summed E-state index contributed by atoms with van der Waals surface area (Å²) in [4.78, 5) is 4.81. The van der Waals surface area contributed by atoms with E-state index in [1.165, 1.54) is 49.4 Å². The molecule has 0 atom stereocenters. The molecule has 0 aliphatic heterocycles. The van der Waals surface area contributed by atoms with Gasteiger partial charge in [-0.25, -0.2) is 0 Å². The minimum atomic E-state index is -0.123. The molecule has 1 aliphatic rings. The number of aromatic nitrogens is 1. The largest absolute Gasteiger partial charge is 0.399 e. The van der Waals surface area contributed by atoms with Gasteiger partial charge in [-0.05, 0) is 56.6 Å². The highest BCUT2D eigenvalue weighted by Crippen LogP contribution is 2.50. The van der Waals surface area contributed by atoms with Crippen molar-refractivity contribution in [1.82, 2.24) is 4.98 Å². The smallest absolute Gasteiger partial charge is 0.0786 e. The predicted octanol–water partition coefficient (Wildman–Crippen LogP) is 6.94. The molecule has 0 saturated carbocycles. The van der Waals surface area contributed by atoms with E-state index in [9.17, 15) is 0 Å². The molecular formula is C28H22N2. The van der Waals surface area contributed by atoms with Crippen LogP contribution in [0.3, 0.4) is 0 Å². The monoisotopic (exact) mass is 386 g/mol. The van der Waals surface area contributed by atoms with Crippen LogP contribution in [0.4, 0.5) is 5.69 Å². The van der Waals surface area contributed by atoms with E-state index in [4.69, 9.17) is 10.7 Å². The maximum Gasteiger partial charge on any atom is 0.0786 e. The van der Waals surface area contributed by atoms with E-state index in [1.54, 1.807) is 0 Å². The topological polar surface area (TPSA) is 38.9 Å². The highest BCUT2D eigenvalue weighted by molar-refractivity contribution is 6.11. The summed E-state index contributed by atoms with van der Waals surface area (Å²) < 4.78 is 0. The van der Waals surface area contributed by atoms with Gasteiger partial charge >= 0.3 is 0 Å². The number of nitrogens with two attached hydrogens (primary N) is 1. The molecule has 0 unspecified atom stereocenters. The Hall–Kier alpha value is -3.65. The zero-order chi connectivity index (χ0) is 20.5. The molecule has 2 nitrogen and oxygen atoms in total. The number of benzene rings is 4. The number of hydrogen-bond donors (Lipinski definition) is 1. The molecule has 2 N–H and O–H groups in total. The Balaban J connectivity index is 1.75. The van der Waals surface area contributed by atoms with Gasteiger partial charge in [-0.15, -0.1) is 0 Å². The molecule has 0 saturated heterocycles. The van der Waals surface area contributed by atoms with Crippen molar-refractivity contribution in [3.8, 4) is 22.4 Å². The number of fused-ring (bicyclic) bond motifs is 3. The Bertz CT molecular complexity index is 1470. The van der Waals surface area contributed by atoms with E-state index in [-0.39, 0.29) is 5.41 Å². The summed E-state index contributed by atoms with van der Waals surface area (Å²) in [7, 11) is 0. The lowest BCUT2D eigenvalue weighted by Crippen LogP contribution is -2.24. The molecule has 1 heterocycles. The fraction of sp³-hybridized carbons (Fsp3) is 0.107. The fourth-order valence-electron chi connectivity index (χ4n) is 5.15. The van der Waals surface area contributed by atoms with E-state index in [0.717, 1.165) is 11.4 Å². The predicted molar refractivity (Wildman–Crippen MR) is 127 cm³/mol. The standard InChI is InChI=1S/C28H22N2/c1-28(2)24-9-5-8-21-23(27-19-7-4-3-6-17(19)14-15-30-27)13-12-22(26(21)24)20-11-10-18(29)16-25(20)28/h3-16H,29H2,1-2H3. The van der Waals surface area contributed by atoms with Crippen molar-refractivity contribution in [2.24, 2.45) is 0 Å². The summed E-state index contributed by atoms with van der Waals surface area (Å²) in [5.41, 5.74) is 14.3. The van der Waals surface area contributed by atoms with Gasteiger partial charge in [0.15, 0.2) is 0 Å². The molecule has 0 radical (unpaired) electrons. The minimum Gasteiger partial charge on any atom is -0.399 e. The summed E-state index contributed by atoms with van der Waals surface area (Å²) in [6.45, 7) is 4.59. The maximum atomic E-state index is 6.16. The Morgan fingerprint density at radius 2 is 1.47 bits per heavy atom. The molecule has 1 aromatic heterocycles. The number of hydrogen-bond acceptors (Lipinski definition) is 2. The van der Waals surface area contributed by atoms with Gasteiger partial charge in [0.25, 0.3) is 0 Å². The number of rotatable bonds is 1. The molecule has 6 rings (SSSR count). The molecule has 0 fully saturated rings. The number of pyridine rings is 1. The van der Waals surface area contributed by atoms with Crippen LogP contribution in [0, 0.1) is 0 Å². The highest BCUT2D eigenvalue weighted by atomic mass is 14.7. The summed E-state index contributed by atoms with van der Waals surface area (Å²) in [5, 5.41) is 4.98. The van der Waals surface area contributed by atoms with Crippen molar-refractivity contribution in [3.05, 3.63) is 96.2 Å².